The molecule has 1 atom stereocenters. The van der Waals surface area contributed by atoms with Crippen LogP contribution in [-0.4, -0.2) is 37.6 Å². The van der Waals surface area contributed by atoms with Crippen molar-refractivity contribution in [3.63, 3.8) is 0 Å². The molecular weight excluding hydrogens is 316 g/mol. The smallest absolute Gasteiger partial charge is 0.321 e. The van der Waals surface area contributed by atoms with Gasteiger partial charge in [-0.3, -0.25) is 9.69 Å². The molecule has 6 nitrogen and oxygen atoms in total. The second-order valence-corrected chi connectivity index (χ2v) is 5.48. The van der Waals surface area contributed by atoms with Crippen LogP contribution in [0, 0.1) is 0 Å². The molecule has 0 spiro atoms. The van der Waals surface area contributed by atoms with Crippen molar-refractivity contribution < 1.29 is 9.59 Å². The zero-order valence-electron chi connectivity index (χ0n) is 13.4. The molecule has 3 amide bonds. The summed E-state index contributed by atoms with van der Waals surface area (Å²) in [5.41, 5.74) is 7.08. The number of amides is 3. The zero-order chi connectivity index (χ0) is 15.9. The van der Waals surface area contributed by atoms with E-state index >= 15 is 0 Å². The highest BCUT2D eigenvalue weighted by atomic mass is 35.5. The fourth-order valence-corrected chi connectivity index (χ4v) is 2.48. The first-order valence-electron chi connectivity index (χ1n) is 7.82. The topological polar surface area (TPSA) is 87.5 Å². The van der Waals surface area contributed by atoms with Crippen molar-refractivity contribution in [2.45, 2.75) is 32.2 Å². The van der Waals surface area contributed by atoms with Gasteiger partial charge in [-0.25, -0.2) is 4.79 Å². The number of anilines is 1. The van der Waals surface area contributed by atoms with Gasteiger partial charge in [0.05, 0.1) is 0 Å². The van der Waals surface area contributed by atoms with Crippen LogP contribution in [0.1, 0.15) is 36.5 Å². The third-order valence-electron chi connectivity index (χ3n) is 3.82. The van der Waals surface area contributed by atoms with Crippen LogP contribution in [0.2, 0.25) is 0 Å². The molecular formula is C16H25ClN4O2. The molecule has 1 aliphatic heterocycles. The Morgan fingerprint density at radius 1 is 1.39 bits per heavy atom. The summed E-state index contributed by atoms with van der Waals surface area (Å²) in [5, 5.41) is 5.71. The van der Waals surface area contributed by atoms with Crippen LogP contribution in [-0.2, 0) is 0 Å². The van der Waals surface area contributed by atoms with Crippen LogP contribution < -0.4 is 21.3 Å². The van der Waals surface area contributed by atoms with Gasteiger partial charge in [0.2, 0.25) is 0 Å². The van der Waals surface area contributed by atoms with E-state index in [-0.39, 0.29) is 30.4 Å². The van der Waals surface area contributed by atoms with Gasteiger partial charge in [0.1, 0.15) is 0 Å². The number of benzene rings is 1. The SMILES string of the molecule is CCCCC(CN)NC(=O)c1ccc(N2CCNC2=O)cc1.Cl. The Hall–Kier alpha value is -1.79. The molecule has 0 aromatic heterocycles. The minimum atomic E-state index is -0.121. The average Bonchev–Trinajstić information content (AvgIpc) is 2.97. The average molecular weight is 341 g/mol. The highest BCUT2D eigenvalue weighted by Crippen LogP contribution is 2.17. The second-order valence-electron chi connectivity index (χ2n) is 5.48. The van der Waals surface area contributed by atoms with Crippen molar-refractivity contribution in [2.75, 3.05) is 24.5 Å². The Kier molecular flexibility index (Phi) is 7.85. The van der Waals surface area contributed by atoms with E-state index in [0.29, 0.717) is 25.2 Å². The molecule has 0 aliphatic carbocycles. The first-order valence-corrected chi connectivity index (χ1v) is 7.82. The number of hydrogen-bond donors (Lipinski definition) is 3. The second kappa shape index (κ2) is 9.37. The van der Waals surface area contributed by atoms with Gasteiger partial charge in [-0.15, -0.1) is 12.4 Å². The largest absolute Gasteiger partial charge is 0.348 e. The summed E-state index contributed by atoms with van der Waals surface area (Å²) in [6.07, 6.45) is 3.02. The highest BCUT2D eigenvalue weighted by molar-refractivity contribution is 5.97. The van der Waals surface area contributed by atoms with Crippen LogP contribution in [0.15, 0.2) is 24.3 Å². The lowest BCUT2D eigenvalue weighted by Crippen LogP contribution is -2.40. The van der Waals surface area contributed by atoms with Crippen LogP contribution in [0.5, 0.6) is 0 Å². The summed E-state index contributed by atoms with van der Waals surface area (Å²) >= 11 is 0. The molecule has 4 N–H and O–H groups in total. The Labute approximate surface area is 143 Å². The Bertz CT molecular complexity index is 521. The van der Waals surface area contributed by atoms with Gasteiger partial charge in [-0.1, -0.05) is 19.8 Å². The molecule has 1 unspecified atom stereocenters. The van der Waals surface area contributed by atoms with E-state index in [0.717, 1.165) is 24.9 Å². The van der Waals surface area contributed by atoms with E-state index in [4.69, 9.17) is 5.73 Å². The predicted octanol–water partition coefficient (Wildman–Crippen LogP) is 1.89. The van der Waals surface area contributed by atoms with Crippen molar-refractivity contribution >= 4 is 30.0 Å². The lowest BCUT2D eigenvalue weighted by molar-refractivity contribution is 0.0936. The number of carbonyl (C=O) groups excluding carboxylic acids is 2. The third kappa shape index (κ3) is 5.11. The first-order chi connectivity index (χ1) is 10.7. The molecule has 0 saturated carbocycles. The molecule has 1 aromatic rings. The summed E-state index contributed by atoms with van der Waals surface area (Å²) < 4.78 is 0. The number of unbranched alkanes of at least 4 members (excludes halogenated alkanes) is 1. The lowest BCUT2D eigenvalue weighted by Gasteiger charge is -2.17. The number of urea groups is 1. The summed E-state index contributed by atoms with van der Waals surface area (Å²) in [5.74, 6) is -0.121. The van der Waals surface area contributed by atoms with Crippen molar-refractivity contribution in [3.8, 4) is 0 Å². The Balaban J connectivity index is 0.00000264. The van der Waals surface area contributed by atoms with Gasteiger partial charge >= 0.3 is 6.03 Å². The van der Waals surface area contributed by atoms with Crippen LogP contribution in [0.25, 0.3) is 0 Å². The molecule has 1 heterocycles. The number of carbonyl (C=O) groups is 2. The molecule has 7 heteroatoms. The minimum absolute atomic E-state index is 0. The molecule has 2 rings (SSSR count). The number of nitrogens with zero attached hydrogens (tertiary/aromatic N) is 1. The fourth-order valence-electron chi connectivity index (χ4n) is 2.48. The summed E-state index contributed by atoms with van der Waals surface area (Å²) in [6, 6.07) is 6.98. The maximum atomic E-state index is 12.2. The van der Waals surface area contributed by atoms with Gasteiger partial charge in [-0.2, -0.15) is 0 Å². The Morgan fingerprint density at radius 3 is 2.61 bits per heavy atom. The summed E-state index contributed by atoms with van der Waals surface area (Å²) in [7, 11) is 0. The van der Waals surface area contributed by atoms with Gasteiger partial charge in [0.15, 0.2) is 0 Å². The van der Waals surface area contributed by atoms with E-state index in [2.05, 4.69) is 17.6 Å². The number of nitrogens with two attached hydrogens (primary N) is 1. The molecule has 1 saturated heterocycles. The fraction of sp³-hybridized carbons (Fsp3) is 0.500. The molecule has 128 valence electrons. The van der Waals surface area contributed by atoms with Gasteiger partial charge in [0, 0.05) is 36.9 Å². The first kappa shape index (κ1) is 19.3. The number of nitrogens with one attached hydrogen (secondary N) is 2. The van der Waals surface area contributed by atoms with E-state index in [9.17, 15) is 9.59 Å². The lowest BCUT2D eigenvalue weighted by atomic mass is 10.1. The van der Waals surface area contributed by atoms with E-state index in [1.807, 2.05) is 0 Å². The number of rotatable bonds is 7. The summed E-state index contributed by atoms with van der Waals surface area (Å²) in [6.45, 7) is 3.85. The van der Waals surface area contributed by atoms with Gasteiger partial charge in [0.25, 0.3) is 5.91 Å². The van der Waals surface area contributed by atoms with Gasteiger partial charge < -0.3 is 16.4 Å². The maximum absolute atomic E-state index is 12.2. The molecule has 1 aliphatic rings. The van der Waals surface area contributed by atoms with Crippen molar-refractivity contribution in [1.29, 1.82) is 0 Å². The van der Waals surface area contributed by atoms with Crippen molar-refractivity contribution in [3.05, 3.63) is 29.8 Å². The van der Waals surface area contributed by atoms with Crippen molar-refractivity contribution in [2.24, 2.45) is 5.73 Å². The normalized spacial score (nSPS) is 14.9. The third-order valence-corrected chi connectivity index (χ3v) is 3.82. The molecule has 0 bridgehead atoms. The number of hydrogen-bond acceptors (Lipinski definition) is 3. The molecule has 0 radical (unpaired) electrons. The monoisotopic (exact) mass is 340 g/mol. The maximum Gasteiger partial charge on any atom is 0.321 e. The van der Waals surface area contributed by atoms with E-state index in [1.54, 1.807) is 29.2 Å². The van der Waals surface area contributed by atoms with E-state index < -0.39 is 0 Å². The molecule has 1 aromatic carbocycles. The van der Waals surface area contributed by atoms with Crippen LogP contribution in [0.3, 0.4) is 0 Å². The molecule has 1 fully saturated rings. The quantitative estimate of drug-likeness (QED) is 0.708. The standard InChI is InChI=1S/C16H24N4O2.ClH/c1-2-3-4-13(11-17)19-15(21)12-5-7-14(8-6-12)20-10-9-18-16(20)22;/h5-8,13H,2-4,9-11,17H2,1H3,(H,18,22)(H,19,21);1H. The van der Waals surface area contributed by atoms with E-state index in [1.165, 1.54) is 0 Å². The summed E-state index contributed by atoms with van der Waals surface area (Å²) in [4.78, 5) is 25.5. The van der Waals surface area contributed by atoms with Crippen LogP contribution >= 0.6 is 12.4 Å². The van der Waals surface area contributed by atoms with Crippen molar-refractivity contribution in [1.82, 2.24) is 10.6 Å². The minimum Gasteiger partial charge on any atom is -0.348 e. The Morgan fingerprint density at radius 2 is 2.09 bits per heavy atom. The van der Waals surface area contributed by atoms with Gasteiger partial charge in [-0.05, 0) is 30.7 Å². The van der Waals surface area contributed by atoms with Crippen LogP contribution in [0.4, 0.5) is 10.5 Å². The predicted molar refractivity (Wildman–Crippen MR) is 94.3 cm³/mol. The number of halogens is 1. The zero-order valence-corrected chi connectivity index (χ0v) is 14.2. The highest BCUT2D eigenvalue weighted by Gasteiger charge is 2.21. The molecule has 23 heavy (non-hydrogen) atoms.